The van der Waals surface area contributed by atoms with Crippen molar-refractivity contribution in [3.63, 3.8) is 0 Å². The van der Waals surface area contributed by atoms with E-state index in [4.69, 9.17) is 4.74 Å². The van der Waals surface area contributed by atoms with Gasteiger partial charge in [-0.15, -0.1) is 0 Å². The standard InChI is InChI=1S/C22H27N3O5S/c1-3-30-20-11-9-18(10-12-20)25(31(2,28)29)16-21(26)23-15-17-6-4-7-19(14-17)24-13-5-8-22(24)27/h4,6-7,9-12,14H,3,5,8,13,15-16H2,1-2H3,(H,23,26). The van der Waals surface area contributed by atoms with Gasteiger partial charge in [-0.1, -0.05) is 12.1 Å². The number of nitrogens with zero attached hydrogens (tertiary/aromatic N) is 2. The molecule has 1 aliphatic rings. The summed E-state index contributed by atoms with van der Waals surface area (Å²) in [5.74, 6) is 0.294. The molecule has 1 N–H and O–H groups in total. The molecule has 0 unspecified atom stereocenters. The number of nitrogens with one attached hydrogen (secondary N) is 1. The van der Waals surface area contributed by atoms with Gasteiger partial charge in [0, 0.05) is 25.2 Å². The number of hydrogen-bond acceptors (Lipinski definition) is 5. The van der Waals surface area contributed by atoms with Gasteiger partial charge in [0.25, 0.3) is 0 Å². The molecule has 1 aliphatic heterocycles. The van der Waals surface area contributed by atoms with E-state index in [1.54, 1.807) is 29.2 Å². The van der Waals surface area contributed by atoms with E-state index in [9.17, 15) is 18.0 Å². The smallest absolute Gasteiger partial charge is 0.241 e. The Hall–Kier alpha value is -3.07. The van der Waals surface area contributed by atoms with Crippen molar-refractivity contribution < 1.29 is 22.7 Å². The van der Waals surface area contributed by atoms with Gasteiger partial charge in [-0.05, 0) is 55.3 Å². The molecule has 9 heteroatoms. The van der Waals surface area contributed by atoms with E-state index in [1.165, 1.54) is 0 Å². The predicted octanol–water partition coefficient (Wildman–Crippen LogP) is 2.29. The second-order valence-corrected chi connectivity index (χ2v) is 9.20. The summed E-state index contributed by atoms with van der Waals surface area (Å²) < 4.78 is 30.9. The number of benzene rings is 2. The lowest BCUT2D eigenvalue weighted by molar-refractivity contribution is -0.120. The Bertz CT molecular complexity index is 1040. The molecule has 2 amide bonds. The third-order valence-corrected chi connectivity index (χ3v) is 6.05. The van der Waals surface area contributed by atoms with Crippen LogP contribution in [-0.4, -0.2) is 46.2 Å². The summed E-state index contributed by atoms with van der Waals surface area (Å²) in [5.41, 5.74) is 2.02. The molecule has 31 heavy (non-hydrogen) atoms. The molecule has 0 bridgehead atoms. The van der Waals surface area contributed by atoms with Gasteiger partial charge < -0.3 is 15.0 Å². The summed E-state index contributed by atoms with van der Waals surface area (Å²) in [6.07, 6.45) is 2.45. The normalized spacial score (nSPS) is 13.9. The maximum absolute atomic E-state index is 12.5. The molecule has 166 valence electrons. The van der Waals surface area contributed by atoms with Crippen LogP contribution in [0.4, 0.5) is 11.4 Å². The van der Waals surface area contributed by atoms with Gasteiger partial charge in [-0.3, -0.25) is 13.9 Å². The number of hydrogen-bond donors (Lipinski definition) is 1. The molecule has 3 rings (SSSR count). The van der Waals surface area contributed by atoms with Gasteiger partial charge in [-0.2, -0.15) is 0 Å². The maximum Gasteiger partial charge on any atom is 0.241 e. The van der Waals surface area contributed by atoms with Crippen LogP contribution < -0.4 is 19.3 Å². The second kappa shape index (κ2) is 9.82. The highest BCUT2D eigenvalue weighted by molar-refractivity contribution is 7.92. The fourth-order valence-corrected chi connectivity index (χ4v) is 4.27. The number of ether oxygens (including phenoxy) is 1. The first-order valence-corrected chi connectivity index (χ1v) is 12.0. The average molecular weight is 446 g/mol. The molecule has 0 saturated carbocycles. The summed E-state index contributed by atoms with van der Waals surface area (Å²) in [6.45, 7) is 2.96. The summed E-state index contributed by atoms with van der Waals surface area (Å²) in [7, 11) is -3.66. The largest absolute Gasteiger partial charge is 0.494 e. The molecule has 0 radical (unpaired) electrons. The number of sulfonamides is 1. The van der Waals surface area contributed by atoms with Gasteiger partial charge in [0.05, 0.1) is 18.6 Å². The minimum absolute atomic E-state index is 0.0975. The SMILES string of the molecule is CCOc1ccc(N(CC(=O)NCc2cccc(N3CCCC3=O)c2)S(C)(=O)=O)cc1. The zero-order chi connectivity index (χ0) is 22.4. The van der Waals surface area contributed by atoms with Crippen LogP contribution in [0.3, 0.4) is 0 Å². The lowest BCUT2D eigenvalue weighted by Crippen LogP contribution is -2.40. The molecule has 2 aromatic carbocycles. The summed E-state index contributed by atoms with van der Waals surface area (Å²) >= 11 is 0. The molecular weight excluding hydrogens is 418 g/mol. The maximum atomic E-state index is 12.5. The van der Waals surface area contributed by atoms with Gasteiger partial charge >= 0.3 is 0 Å². The van der Waals surface area contributed by atoms with E-state index in [2.05, 4.69) is 5.32 Å². The number of amides is 2. The highest BCUT2D eigenvalue weighted by Gasteiger charge is 2.22. The van der Waals surface area contributed by atoms with E-state index < -0.39 is 15.9 Å². The fourth-order valence-electron chi connectivity index (χ4n) is 3.42. The zero-order valence-electron chi connectivity index (χ0n) is 17.7. The Labute approximate surface area is 182 Å². The van der Waals surface area contributed by atoms with Crippen molar-refractivity contribution >= 4 is 33.2 Å². The zero-order valence-corrected chi connectivity index (χ0v) is 18.5. The minimum Gasteiger partial charge on any atom is -0.494 e. The highest BCUT2D eigenvalue weighted by atomic mass is 32.2. The number of carbonyl (C=O) groups is 2. The van der Waals surface area contributed by atoms with E-state index in [-0.39, 0.29) is 19.0 Å². The monoisotopic (exact) mass is 445 g/mol. The lowest BCUT2D eigenvalue weighted by atomic mass is 10.2. The topological polar surface area (TPSA) is 96.0 Å². The van der Waals surface area contributed by atoms with E-state index in [0.717, 1.165) is 28.2 Å². The molecule has 1 fully saturated rings. The van der Waals surface area contributed by atoms with Gasteiger partial charge in [0.1, 0.15) is 12.3 Å². The Kier molecular flexibility index (Phi) is 7.17. The van der Waals surface area contributed by atoms with Crippen LogP contribution >= 0.6 is 0 Å². The Morgan fingerprint density at radius 1 is 1.19 bits per heavy atom. The number of carbonyl (C=O) groups excluding carboxylic acids is 2. The molecule has 0 spiro atoms. The highest BCUT2D eigenvalue weighted by Crippen LogP contribution is 2.23. The van der Waals surface area contributed by atoms with Crippen LogP contribution in [-0.2, 0) is 26.2 Å². The number of anilines is 2. The van der Waals surface area contributed by atoms with Crippen molar-refractivity contribution in [1.29, 1.82) is 0 Å². The molecule has 0 atom stereocenters. The third kappa shape index (κ3) is 5.97. The van der Waals surface area contributed by atoms with Gasteiger partial charge in [0.2, 0.25) is 21.8 Å². The molecular formula is C22H27N3O5S. The van der Waals surface area contributed by atoms with Crippen molar-refractivity contribution in [2.75, 3.05) is 35.2 Å². The van der Waals surface area contributed by atoms with Crippen LogP contribution in [0.1, 0.15) is 25.3 Å². The molecule has 0 aromatic heterocycles. The minimum atomic E-state index is -3.66. The van der Waals surface area contributed by atoms with Crippen molar-refractivity contribution in [1.82, 2.24) is 5.32 Å². The summed E-state index contributed by atoms with van der Waals surface area (Å²) in [5, 5.41) is 2.76. The van der Waals surface area contributed by atoms with Crippen molar-refractivity contribution in [2.45, 2.75) is 26.3 Å². The molecule has 8 nitrogen and oxygen atoms in total. The molecule has 1 heterocycles. The Morgan fingerprint density at radius 2 is 1.94 bits per heavy atom. The number of rotatable bonds is 9. The predicted molar refractivity (Wildman–Crippen MR) is 120 cm³/mol. The molecule has 0 aliphatic carbocycles. The lowest BCUT2D eigenvalue weighted by Gasteiger charge is -2.22. The molecule has 1 saturated heterocycles. The van der Waals surface area contributed by atoms with Gasteiger partial charge in [-0.25, -0.2) is 8.42 Å². The molecule has 2 aromatic rings. The van der Waals surface area contributed by atoms with Crippen LogP contribution in [0.5, 0.6) is 5.75 Å². The van der Waals surface area contributed by atoms with Crippen LogP contribution in [0.25, 0.3) is 0 Å². The third-order valence-electron chi connectivity index (χ3n) is 4.91. The first-order valence-electron chi connectivity index (χ1n) is 10.1. The van der Waals surface area contributed by atoms with Crippen LogP contribution in [0.2, 0.25) is 0 Å². The van der Waals surface area contributed by atoms with E-state index >= 15 is 0 Å². The first kappa shape index (κ1) is 22.6. The van der Waals surface area contributed by atoms with E-state index in [0.29, 0.717) is 31.0 Å². The quantitative estimate of drug-likeness (QED) is 0.639. The van der Waals surface area contributed by atoms with Crippen molar-refractivity contribution in [3.05, 3.63) is 54.1 Å². The average Bonchev–Trinajstić information content (AvgIpc) is 3.17. The second-order valence-electron chi connectivity index (χ2n) is 7.29. The first-order chi connectivity index (χ1) is 14.8. The van der Waals surface area contributed by atoms with Crippen molar-refractivity contribution in [3.8, 4) is 5.75 Å². The van der Waals surface area contributed by atoms with Crippen molar-refractivity contribution in [2.24, 2.45) is 0 Å². The van der Waals surface area contributed by atoms with Crippen LogP contribution in [0, 0.1) is 0 Å². The van der Waals surface area contributed by atoms with Crippen LogP contribution in [0.15, 0.2) is 48.5 Å². The Morgan fingerprint density at radius 3 is 2.55 bits per heavy atom. The summed E-state index contributed by atoms with van der Waals surface area (Å²) in [6, 6.07) is 14.0. The van der Waals surface area contributed by atoms with Gasteiger partial charge in [0.15, 0.2) is 0 Å². The summed E-state index contributed by atoms with van der Waals surface area (Å²) in [4.78, 5) is 26.2. The van der Waals surface area contributed by atoms with E-state index in [1.807, 2.05) is 31.2 Å². The fraction of sp³-hybridized carbons (Fsp3) is 0.364. The Balaban J connectivity index is 1.64.